The fraction of sp³-hybridized carbons (Fsp3) is 0.0870. The number of benzene rings is 2. The van der Waals surface area contributed by atoms with Gasteiger partial charge in [-0.1, -0.05) is 48.0 Å². The number of carbonyl (C=O) groups is 2. The summed E-state index contributed by atoms with van der Waals surface area (Å²) in [7, 11) is 0. The summed E-state index contributed by atoms with van der Waals surface area (Å²) < 4.78 is 0. The summed E-state index contributed by atoms with van der Waals surface area (Å²) in [5.74, 6) is -0.634. The van der Waals surface area contributed by atoms with Crippen molar-refractivity contribution in [2.45, 2.75) is 13.5 Å². The lowest BCUT2D eigenvalue weighted by Gasteiger charge is -2.15. The molecule has 4 rings (SSSR count). The molecule has 2 aromatic carbocycles. The van der Waals surface area contributed by atoms with Gasteiger partial charge < -0.3 is 5.32 Å². The number of aromatic nitrogens is 1. The molecule has 2 heterocycles. The first-order valence-corrected chi connectivity index (χ1v) is 9.02. The minimum Gasteiger partial charge on any atom is -0.350 e. The molecule has 0 radical (unpaired) electrons. The van der Waals surface area contributed by atoms with E-state index in [1.165, 1.54) is 4.90 Å². The van der Waals surface area contributed by atoms with Crippen molar-refractivity contribution in [1.82, 2.24) is 9.88 Å². The topological polar surface area (TPSA) is 62.3 Å². The van der Waals surface area contributed by atoms with E-state index in [0.717, 1.165) is 22.4 Å². The van der Waals surface area contributed by atoms with Crippen molar-refractivity contribution in [3.63, 3.8) is 0 Å². The minimum atomic E-state index is -0.332. The fourth-order valence-corrected chi connectivity index (χ4v) is 3.16. The van der Waals surface area contributed by atoms with E-state index < -0.39 is 0 Å². The Morgan fingerprint density at radius 3 is 2.21 bits per heavy atom. The Kier molecular flexibility index (Phi) is 4.72. The molecule has 1 aliphatic heterocycles. The molecule has 0 spiro atoms. The molecule has 0 atom stereocenters. The lowest BCUT2D eigenvalue weighted by atomic mass is 10.0. The van der Waals surface area contributed by atoms with E-state index in [1.807, 2.05) is 61.5 Å². The number of nitrogens with zero attached hydrogens (tertiary/aromatic N) is 2. The number of anilines is 1. The van der Waals surface area contributed by atoms with Crippen LogP contribution in [0.5, 0.6) is 0 Å². The Morgan fingerprint density at radius 2 is 1.54 bits per heavy atom. The van der Waals surface area contributed by atoms with Crippen molar-refractivity contribution in [3.8, 4) is 0 Å². The number of imide groups is 1. The Balaban J connectivity index is 1.74. The molecule has 0 fully saturated rings. The molecule has 1 aromatic heterocycles. The summed E-state index contributed by atoms with van der Waals surface area (Å²) in [6.07, 6.45) is 3.30. The number of para-hydroxylation sites is 1. The number of pyridine rings is 1. The zero-order valence-electron chi connectivity index (χ0n) is 15.4. The van der Waals surface area contributed by atoms with Gasteiger partial charge in [0.05, 0.1) is 12.1 Å². The highest BCUT2D eigenvalue weighted by molar-refractivity contribution is 6.36. The Labute approximate surface area is 163 Å². The van der Waals surface area contributed by atoms with Crippen LogP contribution in [0.2, 0.25) is 0 Å². The van der Waals surface area contributed by atoms with Crippen LogP contribution in [-0.4, -0.2) is 21.7 Å². The maximum atomic E-state index is 13.2. The molecule has 0 saturated heterocycles. The number of amides is 2. The predicted molar refractivity (Wildman–Crippen MR) is 108 cm³/mol. The summed E-state index contributed by atoms with van der Waals surface area (Å²) in [5.41, 5.74) is 4.11. The highest BCUT2D eigenvalue weighted by Gasteiger charge is 2.39. The smallest absolute Gasteiger partial charge is 0.278 e. The highest BCUT2D eigenvalue weighted by atomic mass is 16.2. The number of aryl methyl sites for hydroxylation is 1. The molecule has 2 amide bonds. The van der Waals surface area contributed by atoms with Crippen molar-refractivity contribution < 1.29 is 9.59 Å². The third-order valence-electron chi connectivity index (χ3n) is 4.64. The van der Waals surface area contributed by atoms with Gasteiger partial charge in [-0.15, -0.1) is 0 Å². The van der Waals surface area contributed by atoms with E-state index in [0.29, 0.717) is 11.3 Å². The fourth-order valence-electron chi connectivity index (χ4n) is 3.16. The average molecular weight is 369 g/mol. The van der Waals surface area contributed by atoms with E-state index in [4.69, 9.17) is 0 Å². The summed E-state index contributed by atoms with van der Waals surface area (Å²) >= 11 is 0. The summed E-state index contributed by atoms with van der Waals surface area (Å²) in [6.45, 7) is 2.19. The zero-order chi connectivity index (χ0) is 19.5. The summed E-state index contributed by atoms with van der Waals surface area (Å²) in [6, 6.07) is 20.6. The van der Waals surface area contributed by atoms with Gasteiger partial charge in [-0.3, -0.25) is 19.5 Å². The predicted octanol–water partition coefficient (Wildman–Crippen LogP) is 3.78. The second-order valence-corrected chi connectivity index (χ2v) is 6.66. The highest BCUT2D eigenvalue weighted by Crippen LogP contribution is 2.31. The molecule has 5 nitrogen and oxygen atoms in total. The van der Waals surface area contributed by atoms with Crippen LogP contribution in [0.15, 0.2) is 84.8 Å². The summed E-state index contributed by atoms with van der Waals surface area (Å²) in [5, 5.41) is 3.16. The molecule has 1 N–H and O–H groups in total. The van der Waals surface area contributed by atoms with Gasteiger partial charge in [0.15, 0.2) is 0 Å². The molecule has 0 saturated carbocycles. The SMILES string of the molecule is Cc1ccc(C2=C(Nc3ccccc3)C(=O)N(Cc3ccncc3)C2=O)cc1. The van der Waals surface area contributed by atoms with Crippen LogP contribution < -0.4 is 5.32 Å². The van der Waals surface area contributed by atoms with E-state index in [2.05, 4.69) is 10.3 Å². The number of hydrogen-bond donors (Lipinski definition) is 1. The maximum absolute atomic E-state index is 13.2. The monoisotopic (exact) mass is 369 g/mol. The Hall–Kier alpha value is -3.73. The quantitative estimate of drug-likeness (QED) is 0.695. The van der Waals surface area contributed by atoms with Crippen molar-refractivity contribution in [1.29, 1.82) is 0 Å². The standard InChI is InChI=1S/C23H19N3O2/c1-16-7-9-18(10-8-16)20-21(25-19-5-3-2-4-6-19)23(28)26(22(20)27)15-17-11-13-24-14-12-17/h2-14,25H,15H2,1H3. The van der Waals surface area contributed by atoms with Gasteiger partial charge in [0.1, 0.15) is 5.70 Å². The number of carbonyl (C=O) groups excluding carboxylic acids is 2. The van der Waals surface area contributed by atoms with Crippen LogP contribution in [0.1, 0.15) is 16.7 Å². The average Bonchev–Trinajstić information content (AvgIpc) is 2.95. The molecular weight excluding hydrogens is 350 g/mol. The minimum absolute atomic E-state index is 0.204. The van der Waals surface area contributed by atoms with Crippen LogP contribution in [0.4, 0.5) is 5.69 Å². The van der Waals surface area contributed by atoms with Gasteiger partial charge in [-0.25, -0.2) is 0 Å². The van der Waals surface area contributed by atoms with Crippen LogP contribution in [-0.2, 0) is 16.1 Å². The normalized spacial score (nSPS) is 14.0. The first-order valence-electron chi connectivity index (χ1n) is 9.02. The van der Waals surface area contributed by atoms with Gasteiger partial charge in [-0.2, -0.15) is 0 Å². The van der Waals surface area contributed by atoms with E-state index in [-0.39, 0.29) is 18.4 Å². The Morgan fingerprint density at radius 1 is 0.857 bits per heavy atom. The van der Waals surface area contributed by atoms with Crippen LogP contribution in [0.25, 0.3) is 5.57 Å². The van der Waals surface area contributed by atoms with Crippen LogP contribution in [0.3, 0.4) is 0 Å². The number of nitrogens with one attached hydrogen (secondary N) is 1. The second-order valence-electron chi connectivity index (χ2n) is 6.66. The molecule has 3 aromatic rings. The van der Waals surface area contributed by atoms with Crippen LogP contribution in [0, 0.1) is 6.92 Å². The number of hydrogen-bond acceptors (Lipinski definition) is 4. The van der Waals surface area contributed by atoms with Crippen molar-refractivity contribution >= 4 is 23.1 Å². The molecule has 1 aliphatic rings. The molecule has 138 valence electrons. The largest absolute Gasteiger partial charge is 0.350 e. The summed E-state index contributed by atoms with van der Waals surface area (Å²) in [4.78, 5) is 31.6. The molecule has 5 heteroatoms. The van der Waals surface area contributed by atoms with Crippen molar-refractivity contribution in [3.05, 3.63) is 102 Å². The van der Waals surface area contributed by atoms with Gasteiger partial charge >= 0.3 is 0 Å². The molecule has 28 heavy (non-hydrogen) atoms. The van der Waals surface area contributed by atoms with Crippen molar-refractivity contribution in [2.75, 3.05) is 5.32 Å². The third kappa shape index (κ3) is 3.42. The third-order valence-corrected chi connectivity index (χ3v) is 4.64. The van der Waals surface area contributed by atoms with E-state index in [1.54, 1.807) is 24.5 Å². The first kappa shape index (κ1) is 17.7. The molecule has 0 aliphatic carbocycles. The van der Waals surface area contributed by atoms with Gasteiger partial charge in [0.25, 0.3) is 11.8 Å². The first-order chi connectivity index (χ1) is 13.6. The maximum Gasteiger partial charge on any atom is 0.278 e. The van der Waals surface area contributed by atoms with Gasteiger partial charge in [0, 0.05) is 18.1 Å². The molecule has 0 bridgehead atoms. The second kappa shape index (κ2) is 7.48. The van der Waals surface area contributed by atoms with Crippen LogP contribution >= 0.6 is 0 Å². The Bertz CT molecular complexity index is 1040. The van der Waals surface area contributed by atoms with E-state index in [9.17, 15) is 9.59 Å². The van der Waals surface area contributed by atoms with Gasteiger partial charge in [0.2, 0.25) is 0 Å². The van der Waals surface area contributed by atoms with E-state index >= 15 is 0 Å². The zero-order valence-corrected chi connectivity index (χ0v) is 15.4. The lowest BCUT2D eigenvalue weighted by molar-refractivity contribution is -0.137. The van der Waals surface area contributed by atoms with Gasteiger partial charge in [-0.05, 0) is 42.3 Å². The van der Waals surface area contributed by atoms with Crippen molar-refractivity contribution in [2.24, 2.45) is 0 Å². The molecular formula is C23H19N3O2. The molecule has 0 unspecified atom stereocenters. The lowest BCUT2D eigenvalue weighted by Crippen LogP contribution is -2.32. The number of rotatable bonds is 5.